The van der Waals surface area contributed by atoms with Crippen LogP contribution in [0.2, 0.25) is 18.1 Å². The molecule has 0 heterocycles. The van der Waals surface area contributed by atoms with Gasteiger partial charge in [0.05, 0.1) is 5.41 Å². The second kappa shape index (κ2) is 5.50. The molecule has 2 fully saturated rings. The lowest BCUT2D eigenvalue weighted by Crippen LogP contribution is -2.62. The number of ketones is 1. The van der Waals surface area contributed by atoms with Gasteiger partial charge in [-0.1, -0.05) is 32.9 Å². The average Bonchev–Trinajstić information content (AvgIpc) is 2.85. The molecule has 2 bridgehead atoms. The molecule has 0 radical (unpaired) electrons. The molecule has 0 aliphatic heterocycles. The van der Waals surface area contributed by atoms with E-state index in [0.717, 1.165) is 19.3 Å². The molecule has 1 unspecified atom stereocenters. The zero-order chi connectivity index (χ0) is 18.0. The number of fused-ring (bicyclic) bond motifs is 1. The van der Waals surface area contributed by atoms with Crippen molar-refractivity contribution in [2.24, 2.45) is 17.3 Å². The second-order valence-corrected chi connectivity index (χ2v) is 14.0. The highest BCUT2D eigenvalue weighted by Crippen LogP contribution is 2.61. The summed E-state index contributed by atoms with van der Waals surface area (Å²) in [7, 11) is 1.33. The summed E-state index contributed by atoms with van der Waals surface area (Å²) >= 11 is 0. The van der Waals surface area contributed by atoms with Crippen LogP contribution in [-0.4, -0.2) is 40.2 Å². The Labute approximate surface area is 147 Å². The van der Waals surface area contributed by atoms with E-state index in [1.807, 2.05) is 0 Å². The molecule has 4 rings (SSSR count). The molecule has 4 nitrogen and oxygen atoms in total. The van der Waals surface area contributed by atoms with Crippen LogP contribution in [0.3, 0.4) is 0 Å². The number of rotatable bonds is 4. The maximum Gasteiger partial charge on any atom is 0.235 e. The third-order valence-corrected chi connectivity index (χ3v) is 11.6. The predicted molar refractivity (Wildman–Crippen MR) is 96.2 cm³/mol. The smallest absolute Gasteiger partial charge is 0.235 e. The average molecular weight is 353 g/mol. The van der Waals surface area contributed by atoms with E-state index < -0.39 is 19.5 Å². The van der Waals surface area contributed by atoms with E-state index in [9.17, 15) is 4.79 Å². The van der Waals surface area contributed by atoms with Gasteiger partial charge in [0.15, 0.2) is 8.32 Å². The van der Waals surface area contributed by atoms with E-state index in [1.165, 1.54) is 0 Å². The Balaban J connectivity index is 1.87. The van der Waals surface area contributed by atoms with Gasteiger partial charge in [0, 0.05) is 26.2 Å². The quantitative estimate of drug-likeness (QED) is 0.437. The molecule has 0 N–H and O–H groups in total. The highest BCUT2D eigenvalue weighted by molar-refractivity contribution is 6.74. The molecule has 4 atom stereocenters. The van der Waals surface area contributed by atoms with Gasteiger partial charge in [-0.2, -0.15) is 0 Å². The molecule has 0 saturated heterocycles. The largest absolute Gasteiger partial charge is 0.414 e. The van der Waals surface area contributed by atoms with Crippen molar-refractivity contribution in [3.05, 3.63) is 12.2 Å². The summed E-state index contributed by atoms with van der Waals surface area (Å²) in [4.78, 5) is 13.3. The fraction of sp³-hybridized carbons (Fsp3) is 0.842. The van der Waals surface area contributed by atoms with Gasteiger partial charge in [0.2, 0.25) is 11.6 Å². The Hall–Kier alpha value is -0.493. The van der Waals surface area contributed by atoms with Gasteiger partial charge in [0.25, 0.3) is 0 Å². The highest BCUT2D eigenvalue weighted by atomic mass is 28.4. The lowest BCUT2D eigenvalue weighted by Gasteiger charge is -2.52. The Morgan fingerprint density at radius 2 is 1.79 bits per heavy atom. The molecule has 0 aromatic heterocycles. The van der Waals surface area contributed by atoms with Gasteiger partial charge in [-0.15, -0.1) is 0 Å². The molecule has 24 heavy (non-hydrogen) atoms. The fourth-order valence-corrected chi connectivity index (χ4v) is 6.09. The molecule has 4 aliphatic carbocycles. The van der Waals surface area contributed by atoms with Crippen molar-refractivity contribution in [1.82, 2.24) is 0 Å². The summed E-state index contributed by atoms with van der Waals surface area (Å²) < 4.78 is 17.9. The van der Waals surface area contributed by atoms with Crippen LogP contribution in [0.5, 0.6) is 0 Å². The summed E-state index contributed by atoms with van der Waals surface area (Å²) in [6.45, 7) is 11.4. The molecule has 136 valence electrons. The van der Waals surface area contributed by atoms with Gasteiger partial charge in [-0.25, -0.2) is 0 Å². The zero-order valence-electron chi connectivity index (χ0n) is 16.1. The monoisotopic (exact) mass is 352 g/mol. The Morgan fingerprint density at radius 1 is 1.17 bits per heavy atom. The normalized spacial score (nSPS) is 37.8. The maximum absolute atomic E-state index is 13.3. The van der Waals surface area contributed by atoms with Crippen molar-refractivity contribution in [1.29, 1.82) is 0 Å². The van der Waals surface area contributed by atoms with Crippen molar-refractivity contribution in [3.8, 4) is 0 Å². The first kappa shape index (κ1) is 18.3. The Kier molecular flexibility index (Phi) is 4.19. The molecule has 4 aliphatic rings. The molecule has 0 amide bonds. The molecule has 0 aromatic carbocycles. The van der Waals surface area contributed by atoms with E-state index in [0.29, 0.717) is 5.92 Å². The maximum atomic E-state index is 13.3. The number of carbonyl (C=O) groups excluding carboxylic acids is 1. The number of hydrogen-bond donors (Lipinski definition) is 0. The zero-order valence-corrected chi connectivity index (χ0v) is 17.1. The summed E-state index contributed by atoms with van der Waals surface area (Å²) in [5, 5.41) is 0.180. The molecule has 0 aromatic rings. The van der Waals surface area contributed by atoms with E-state index in [2.05, 4.69) is 46.0 Å². The molecular formula is C19H32O4Si. The van der Waals surface area contributed by atoms with Gasteiger partial charge < -0.3 is 13.9 Å². The van der Waals surface area contributed by atoms with Crippen molar-refractivity contribution < 1.29 is 18.7 Å². The van der Waals surface area contributed by atoms with Crippen molar-refractivity contribution in [2.45, 2.75) is 70.1 Å². The summed E-state index contributed by atoms with van der Waals surface area (Å²) in [6.07, 6.45) is 7.12. The molecular weight excluding hydrogens is 320 g/mol. The molecule has 1 spiro atoms. The third kappa shape index (κ3) is 2.31. The lowest BCUT2D eigenvalue weighted by atomic mass is 9.57. The standard InChI is InChI=1S/C19H32O4Si/c1-17(2,3)24(6,7)23-15-11-14-10-13-8-9-18(14,12-15)16(20)19(13,21-4)22-5/h8-9,13-15H,10-12H2,1-7H3/t13?,14-,15+,18-/m0/s1. The number of Topliss-reactive ketones (excluding diaryl/α,β-unsaturated/α-hetero) is 1. The minimum Gasteiger partial charge on any atom is -0.414 e. The first-order valence-electron chi connectivity index (χ1n) is 9.05. The van der Waals surface area contributed by atoms with Gasteiger partial charge in [-0.3, -0.25) is 4.79 Å². The van der Waals surface area contributed by atoms with Crippen LogP contribution >= 0.6 is 0 Å². The van der Waals surface area contributed by atoms with Crippen molar-refractivity contribution in [3.63, 3.8) is 0 Å². The van der Waals surface area contributed by atoms with Crippen LogP contribution in [0.1, 0.15) is 40.0 Å². The first-order valence-corrected chi connectivity index (χ1v) is 12.0. The summed E-state index contributed by atoms with van der Waals surface area (Å²) in [5.41, 5.74) is -0.464. The molecule has 5 heteroatoms. The van der Waals surface area contributed by atoms with Crippen LogP contribution in [0, 0.1) is 17.3 Å². The van der Waals surface area contributed by atoms with Crippen LogP contribution in [0.15, 0.2) is 12.2 Å². The lowest BCUT2D eigenvalue weighted by molar-refractivity contribution is -0.246. The van der Waals surface area contributed by atoms with E-state index in [4.69, 9.17) is 13.9 Å². The third-order valence-electron chi connectivity index (χ3n) is 7.11. The van der Waals surface area contributed by atoms with Crippen LogP contribution in [0.25, 0.3) is 0 Å². The van der Waals surface area contributed by atoms with Crippen LogP contribution < -0.4 is 0 Å². The van der Waals surface area contributed by atoms with Crippen molar-refractivity contribution in [2.75, 3.05) is 14.2 Å². The van der Waals surface area contributed by atoms with Gasteiger partial charge >= 0.3 is 0 Å². The number of ether oxygens (including phenoxy) is 2. The van der Waals surface area contributed by atoms with Crippen molar-refractivity contribution >= 4 is 14.1 Å². The second-order valence-electron chi connectivity index (χ2n) is 9.28. The minimum atomic E-state index is -1.84. The van der Waals surface area contributed by atoms with E-state index >= 15 is 0 Å². The minimum absolute atomic E-state index is 0.0125. The summed E-state index contributed by atoms with van der Waals surface area (Å²) in [6, 6.07) is 0. The SMILES string of the molecule is COC1(OC)C(=O)[C@]23C=CC1C[C@H]2C[C@@H](O[Si](C)(C)C(C)(C)C)C3. The Bertz CT molecular complexity index is 558. The van der Waals surface area contributed by atoms with Gasteiger partial charge in [0.1, 0.15) is 0 Å². The van der Waals surface area contributed by atoms with E-state index in [1.54, 1.807) is 14.2 Å². The topological polar surface area (TPSA) is 44.8 Å². The molecule has 2 saturated carbocycles. The fourth-order valence-electron chi connectivity index (χ4n) is 4.72. The van der Waals surface area contributed by atoms with E-state index in [-0.39, 0.29) is 22.8 Å². The predicted octanol–water partition coefficient (Wildman–Crippen LogP) is 3.92. The Morgan fingerprint density at radius 3 is 2.33 bits per heavy atom. The first-order chi connectivity index (χ1) is 11.0. The number of hydrogen-bond acceptors (Lipinski definition) is 4. The number of allylic oxidation sites excluding steroid dienone is 1. The summed E-state index contributed by atoms with van der Waals surface area (Å²) in [5.74, 6) is -0.631. The highest BCUT2D eigenvalue weighted by Gasteiger charge is 2.67. The van der Waals surface area contributed by atoms with Crippen LogP contribution in [-0.2, 0) is 18.7 Å². The number of methoxy groups -OCH3 is 2. The van der Waals surface area contributed by atoms with Gasteiger partial charge in [-0.05, 0) is 43.3 Å². The number of carbonyl (C=O) groups is 1. The van der Waals surface area contributed by atoms with Crippen LogP contribution in [0.4, 0.5) is 0 Å².